The first-order valence-corrected chi connectivity index (χ1v) is 9.81. The Hall–Kier alpha value is -2.23. The lowest BCUT2D eigenvalue weighted by Crippen LogP contribution is -2.34. The highest BCUT2D eigenvalue weighted by Gasteiger charge is 2.22. The van der Waals surface area contributed by atoms with Gasteiger partial charge in [0.05, 0.1) is 11.4 Å². The van der Waals surface area contributed by atoms with Crippen molar-refractivity contribution in [2.45, 2.75) is 11.8 Å². The van der Waals surface area contributed by atoms with Gasteiger partial charge in [0.2, 0.25) is 21.8 Å². The number of carbonyl (C=O) groups excluding carboxylic acids is 2. The minimum absolute atomic E-state index is 0.101. The van der Waals surface area contributed by atoms with Gasteiger partial charge in [-0.3, -0.25) is 9.59 Å². The highest BCUT2D eigenvalue weighted by atomic mass is 79.9. The molecule has 7 nitrogen and oxygen atoms in total. The Kier molecular flexibility index (Phi) is 6.52. The minimum Gasteiger partial charge on any atom is -0.326 e. The number of rotatable bonds is 6. The highest BCUT2D eigenvalue weighted by Crippen LogP contribution is 2.18. The Labute approximate surface area is 160 Å². The monoisotopic (exact) mass is 439 g/mol. The number of benzene rings is 2. The third-order valence-electron chi connectivity index (χ3n) is 3.35. The number of halogens is 1. The van der Waals surface area contributed by atoms with Crippen molar-refractivity contribution in [1.82, 2.24) is 4.31 Å². The van der Waals surface area contributed by atoms with E-state index in [2.05, 4.69) is 26.6 Å². The molecule has 26 heavy (non-hydrogen) atoms. The molecule has 0 heterocycles. The maximum atomic E-state index is 12.5. The van der Waals surface area contributed by atoms with Crippen LogP contribution in [-0.2, 0) is 19.6 Å². The lowest BCUT2D eigenvalue weighted by molar-refractivity contribution is -0.116. The molecule has 0 radical (unpaired) electrons. The second-order valence-electron chi connectivity index (χ2n) is 5.53. The average Bonchev–Trinajstić information content (AvgIpc) is 2.54. The summed E-state index contributed by atoms with van der Waals surface area (Å²) < 4.78 is 26.7. The molecule has 0 aliphatic heterocycles. The number of nitrogens with zero attached hydrogens (tertiary/aromatic N) is 1. The molecule has 0 atom stereocenters. The number of sulfonamides is 1. The summed E-state index contributed by atoms with van der Waals surface area (Å²) in [6.45, 7) is 1.04. The lowest BCUT2D eigenvalue weighted by Gasteiger charge is -2.17. The summed E-state index contributed by atoms with van der Waals surface area (Å²) in [6.07, 6.45) is 0. The molecule has 0 saturated heterocycles. The third kappa shape index (κ3) is 5.38. The zero-order valence-corrected chi connectivity index (χ0v) is 16.6. The Morgan fingerprint density at radius 2 is 1.62 bits per heavy atom. The van der Waals surface area contributed by atoms with E-state index in [4.69, 9.17) is 0 Å². The van der Waals surface area contributed by atoms with E-state index in [9.17, 15) is 18.0 Å². The van der Waals surface area contributed by atoms with Crippen LogP contribution >= 0.6 is 15.9 Å². The predicted molar refractivity (Wildman–Crippen MR) is 103 cm³/mol. The highest BCUT2D eigenvalue weighted by molar-refractivity contribution is 9.10. The first-order chi connectivity index (χ1) is 12.2. The molecule has 2 aromatic carbocycles. The molecular formula is C17H18BrN3O4S. The molecule has 2 N–H and O–H groups in total. The summed E-state index contributed by atoms with van der Waals surface area (Å²) >= 11 is 3.25. The van der Waals surface area contributed by atoms with Gasteiger partial charge in [0.25, 0.3) is 0 Å². The zero-order valence-electron chi connectivity index (χ0n) is 14.2. The fraction of sp³-hybridized carbons (Fsp3) is 0.176. The molecule has 9 heteroatoms. The number of amides is 2. The first-order valence-electron chi connectivity index (χ1n) is 7.58. The molecule has 0 spiro atoms. The fourth-order valence-electron chi connectivity index (χ4n) is 2.15. The largest absolute Gasteiger partial charge is 0.326 e. The summed E-state index contributed by atoms with van der Waals surface area (Å²) in [5.74, 6) is -0.720. The van der Waals surface area contributed by atoms with Crippen LogP contribution in [0, 0.1) is 0 Å². The molecule has 0 saturated carbocycles. The molecule has 2 amide bonds. The quantitative estimate of drug-likeness (QED) is 0.722. The molecule has 0 unspecified atom stereocenters. The van der Waals surface area contributed by atoms with Crippen LogP contribution in [0.3, 0.4) is 0 Å². The minimum atomic E-state index is -3.77. The molecule has 0 bridgehead atoms. The van der Waals surface area contributed by atoms with E-state index in [1.54, 1.807) is 36.4 Å². The van der Waals surface area contributed by atoms with Crippen LogP contribution in [0.1, 0.15) is 6.92 Å². The van der Waals surface area contributed by atoms with E-state index in [0.717, 1.165) is 8.78 Å². The average molecular weight is 440 g/mol. The van der Waals surface area contributed by atoms with Gasteiger partial charge in [-0.25, -0.2) is 8.42 Å². The SMILES string of the molecule is CC(=O)Nc1cccc(NC(=O)CN(C)S(=O)(=O)c2ccc(Br)cc2)c1. The van der Waals surface area contributed by atoms with Crippen LogP contribution in [-0.4, -0.2) is 38.1 Å². The standard InChI is InChI=1S/C17H18BrN3O4S/c1-12(22)19-14-4-3-5-15(10-14)20-17(23)11-21(2)26(24,25)16-8-6-13(18)7-9-16/h3-10H,11H2,1-2H3,(H,19,22)(H,20,23). The summed E-state index contributed by atoms with van der Waals surface area (Å²) in [5.41, 5.74) is 0.988. The second kappa shape index (κ2) is 8.43. The van der Waals surface area contributed by atoms with Gasteiger partial charge in [-0.05, 0) is 42.5 Å². The number of likely N-dealkylation sites (N-methyl/N-ethyl adjacent to an activating group) is 1. The molecule has 2 aromatic rings. The number of hydrogen-bond donors (Lipinski definition) is 2. The first kappa shape index (κ1) is 20.1. The maximum Gasteiger partial charge on any atom is 0.243 e. The van der Waals surface area contributed by atoms with Crippen LogP contribution < -0.4 is 10.6 Å². The Morgan fingerprint density at radius 3 is 2.19 bits per heavy atom. The van der Waals surface area contributed by atoms with E-state index in [1.165, 1.54) is 26.1 Å². The second-order valence-corrected chi connectivity index (χ2v) is 8.49. The fourth-order valence-corrected chi connectivity index (χ4v) is 3.54. The summed E-state index contributed by atoms with van der Waals surface area (Å²) in [5, 5.41) is 5.22. The summed E-state index contributed by atoms with van der Waals surface area (Å²) in [6, 6.07) is 12.7. The van der Waals surface area contributed by atoms with Gasteiger partial charge < -0.3 is 10.6 Å². The summed E-state index contributed by atoms with van der Waals surface area (Å²) in [4.78, 5) is 23.4. The molecule has 2 rings (SSSR count). The molecule has 138 valence electrons. The van der Waals surface area contributed by atoms with Gasteiger partial charge in [-0.1, -0.05) is 22.0 Å². The molecule has 0 fully saturated rings. The van der Waals surface area contributed by atoms with Crippen molar-refractivity contribution in [3.8, 4) is 0 Å². The van der Waals surface area contributed by atoms with Crippen molar-refractivity contribution in [1.29, 1.82) is 0 Å². The number of hydrogen-bond acceptors (Lipinski definition) is 4. The van der Waals surface area contributed by atoms with E-state index < -0.39 is 15.9 Å². The van der Waals surface area contributed by atoms with Crippen molar-refractivity contribution >= 4 is 49.1 Å². The van der Waals surface area contributed by atoms with Gasteiger partial charge in [-0.15, -0.1) is 0 Å². The van der Waals surface area contributed by atoms with Crippen molar-refractivity contribution in [3.63, 3.8) is 0 Å². The van der Waals surface area contributed by atoms with Gasteiger partial charge >= 0.3 is 0 Å². The molecule has 0 aliphatic rings. The van der Waals surface area contributed by atoms with Crippen molar-refractivity contribution in [3.05, 3.63) is 53.0 Å². The van der Waals surface area contributed by atoms with E-state index >= 15 is 0 Å². The van der Waals surface area contributed by atoms with Gasteiger partial charge in [-0.2, -0.15) is 4.31 Å². The molecular weight excluding hydrogens is 422 g/mol. The van der Waals surface area contributed by atoms with Gasteiger partial charge in [0.1, 0.15) is 0 Å². The number of anilines is 2. The normalized spacial score (nSPS) is 11.2. The molecule has 0 aromatic heterocycles. The van der Waals surface area contributed by atoms with Crippen LogP contribution in [0.4, 0.5) is 11.4 Å². The van der Waals surface area contributed by atoms with Crippen molar-refractivity contribution in [2.75, 3.05) is 24.2 Å². The Bertz CT molecular complexity index is 914. The Balaban J connectivity index is 2.05. The third-order valence-corrected chi connectivity index (χ3v) is 5.70. The van der Waals surface area contributed by atoms with Gasteiger partial charge in [0, 0.05) is 29.8 Å². The lowest BCUT2D eigenvalue weighted by atomic mass is 10.2. The van der Waals surface area contributed by atoms with Crippen LogP contribution in [0.25, 0.3) is 0 Å². The van der Waals surface area contributed by atoms with Crippen LogP contribution in [0.5, 0.6) is 0 Å². The number of nitrogens with one attached hydrogen (secondary N) is 2. The van der Waals surface area contributed by atoms with Crippen molar-refractivity contribution in [2.24, 2.45) is 0 Å². The van der Waals surface area contributed by atoms with E-state index in [1.807, 2.05) is 0 Å². The zero-order chi connectivity index (χ0) is 19.3. The maximum absolute atomic E-state index is 12.5. The smallest absolute Gasteiger partial charge is 0.243 e. The van der Waals surface area contributed by atoms with Crippen LogP contribution in [0.2, 0.25) is 0 Å². The predicted octanol–water partition coefficient (Wildman–Crippen LogP) is 2.67. The Morgan fingerprint density at radius 1 is 1.04 bits per heavy atom. The van der Waals surface area contributed by atoms with Crippen LogP contribution in [0.15, 0.2) is 57.9 Å². The topological polar surface area (TPSA) is 95.6 Å². The van der Waals surface area contributed by atoms with E-state index in [-0.39, 0.29) is 17.3 Å². The molecule has 0 aliphatic carbocycles. The number of carbonyl (C=O) groups is 2. The summed E-state index contributed by atoms with van der Waals surface area (Å²) in [7, 11) is -2.43. The van der Waals surface area contributed by atoms with E-state index in [0.29, 0.717) is 11.4 Å². The van der Waals surface area contributed by atoms with Gasteiger partial charge in [0.15, 0.2) is 0 Å². The van der Waals surface area contributed by atoms with Crippen molar-refractivity contribution < 1.29 is 18.0 Å².